The minimum Gasteiger partial charge on any atom is -0.394 e. The molecule has 0 saturated carbocycles. The van der Waals surface area contributed by atoms with Crippen LogP contribution in [0.3, 0.4) is 0 Å². The highest BCUT2D eigenvalue weighted by molar-refractivity contribution is 7.09. The summed E-state index contributed by atoms with van der Waals surface area (Å²) in [7, 11) is 0. The summed E-state index contributed by atoms with van der Waals surface area (Å²) in [4.78, 5) is 14.8. The molecule has 0 saturated heterocycles. The molecule has 90 valence electrons. The Morgan fingerprint density at radius 1 is 1.50 bits per heavy atom. The summed E-state index contributed by atoms with van der Waals surface area (Å²) in [5, 5.41) is 38.3. The van der Waals surface area contributed by atoms with Gasteiger partial charge >= 0.3 is 0 Å². The molecule has 0 radical (unpaired) electrons. The number of ketones is 1. The first-order valence-electron chi connectivity index (χ1n) is 4.58. The number of rotatable bonds is 5. The predicted molar refractivity (Wildman–Crippen MR) is 56.2 cm³/mol. The van der Waals surface area contributed by atoms with Gasteiger partial charge in [0.2, 0.25) is 0 Å². The molecule has 0 aromatic carbocycles. The van der Waals surface area contributed by atoms with Gasteiger partial charge in [-0.15, -0.1) is 11.3 Å². The van der Waals surface area contributed by atoms with Gasteiger partial charge in [0.15, 0.2) is 5.78 Å². The minimum atomic E-state index is -1.53. The van der Waals surface area contributed by atoms with Crippen molar-refractivity contribution >= 4 is 17.1 Å². The van der Waals surface area contributed by atoms with Crippen molar-refractivity contribution in [3.8, 4) is 0 Å². The fourth-order valence-corrected chi connectivity index (χ4v) is 1.93. The number of carbonyl (C=O) groups excluding carboxylic acids is 1. The molecular weight excluding hydrogens is 234 g/mol. The number of hydrogen-bond donors (Lipinski definition) is 4. The number of aliphatic hydroxyl groups excluding tert-OH is 4. The normalized spacial score (nSPS) is 16.8. The van der Waals surface area contributed by atoms with E-state index in [0.717, 1.165) is 11.3 Å². The maximum absolute atomic E-state index is 11.0. The van der Waals surface area contributed by atoms with E-state index in [1.54, 1.807) is 0 Å². The first kappa shape index (κ1) is 13.2. The molecule has 1 aromatic heterocycles. The van der Waals surface area contributed by atoms with Crippen LogP contribution < -0.4 is 0 Å². The molecule has 1 aromatic rings. The van der Waals surface area contributed by atoms with Gasteiger partial charge in [0.1, 0.15) is 29.0 Å². The molecule has 16 heavy (non-hydrogen) atoms. The first-order valence-corrected chi connectivity index (χ1v) is 5.46. The van der Waals surface area contributed by atoms with Gasteiger partial charge in [0.25, 0.3) is 0 Å². The number of carbonyl (C=O) groups is 1. The van der Waals surface area contributed by atoms with Crippen molar-refractivity contribution in [1.29, 1.82) is 0 Å². The van der Waals surface area contributed by atoms with Crippen LogP contribution in [0.15, 0.2) is 5.38 Å². The second kappa shape index (κ2) is 5.46. The van der Waals surface area contributed by atoms with E-state index in [2.05, 4.69) is 4.98 Å². The van der Waals surface area contributed by atoms with E-state index < -0.39 is 24.9 Å². The summed E-state index contributed by atoms with van der Waals surface area (Å²) in [5.74, 6) is -0.244. The van der Waals surface area contributed by atoms with Gasteiger partial charge in [0, 0.05) is 12.3 Å². The van der Waals surface area contributed by atoms with Crippen LogP contribution >= 0.6 is 11.3 Å². The minimum absolute atomic E-state index is 0.130. The molecule has 6 nitrogen and oxygen atoms in total. The lowest BCUT2D eigenvalue weighted by atomic mass is 10.1. The summed E-state index contributed by atoms with van der Waals surface area (Å²) < 4.78 is 0. The third-order valence-electron chi connectivity index (χ3n) is 2.04. The molecule has 0 amide bonds. The highest BCUT2D eigenvalue weighted by Crippen LogP contribution is 2.23. The summed E-state index contributed by atoms with van der Waals surface area (Å²) >= 11 is 1.01. The summed E-state index contributed by atoms with van der Waals surface area (Å²) in [6, 6.07) is 0. The summed E-state index contributed by atoms with van der Waals surface area (Å²) in [6.45, 7) is 0.674. The Morgan fingerprint density at radius 2 is 2.12 bits per heavy atom. The van der Waals surface area contributed by atoms with Crippen LogP contribution in [-0.4, -0.2) is 50.0 Å². The zero-order chi connectivity index (χ0) is 12.3. The number of aromatic nitrogens is 1. The van der Waals surface area contributed by atoms with E-state index >= 15 is 0 Å². The Balaban J connectivity index is 2.79. The second-order valence-electron chi connectivity index (χ2n) is 3.31. The lowest BCUT2D eigenvalue weighted by Crippen LogP contribution is -2.34. The van der Waals surface area contributed by atoms with E-state index in [1.165, 1.54) is 12.3 Å². The average Bonchev–Trinajstić information content (AvgIpc) is 2.75. The quantitative estimate of drug-likeness (QED) is 0.501. The molecule has 0 fully saturated rings. The van der Waals surface area contributed by atoms with Crippen molar-refractivity contribution in [2.75, 3.05) is 6.61 Å². The van der Waals surface area contributed by atoms with E-state index in [0.29, 0.717) is 0 Å². The number of thiazole rings is 1. The van der Waals surface area contributed by atoms with E-state index in [4.69, 9.17) is 10.2 Å². The van der Waals surface area contributed by atoms with Crippen molar-refractivity contribution in [3.05, 3.63) is 16.1 Å². The maximum Gasteiger partial charge on any atom is 0.178 e. The van der Waals surface area contributed by atoms with Crippen molar-refractivity contribution in [2.45, 2.75) is 25.2 Å². The number of nitrogens with zero attached hydrogens (tertiary/aromatic N) is 1. The highest BCUT2D eigenvalue weighted by Gasteiger charge is 2.27. The van der Waals surface area contributed by atoms with Gasteiger partial charge < -0.3 is 20.4 Å². The van der Waals surface area contributed by atoms with Crippen LogP contribution in [0.1, 0.15) is 28.5 Å². The Hall–Kier alpha value is -0.860. The molecule has 0 aliphatic heterocycles. The molecule has 0 bridgehead atoms. The summed E-state index contributed by atoms with van der Waals surface area (Å²) in [6.07, 6.45) is -4.39. The Bertz CT molecular complexity index is 367. The molecular formula is C9H13NO5S. The fraction of sp³-hybridized carbons (Fsp3) is 0.556. The van der Waals surface area contributed by atoms with Crippen molar-refractivity contribution in [3.63, 3.8) is 0 Å². The van der Waals surface area contributed by atoms with Crippen LogP contribution in [0.2, 0.25) is 0 Å². The topological polar surface area (TPSA) is 111 Å². The van der Waals surface area contributed by atoms with Crippen LogP contribution in [0.4, 0.5) is 0 Å². The monoisotopic (exact) mass is 247 g/mol. The second-order valence-corrected chi connectivity index (χ2v) is 4.20. The molecule has 0 aliphatic carbocycles. The van der Waals surface area contributed by atoms with E-state index in [9.17, 15) is 15.0 Å². The Kier molecular flexibility index (Phi) is 4.51. The average molecular weight is 247 g/mol. The molecule has 7 heteroatoms. The molecule has 4 N–H and O–H groups in total. The smallest absolute Gasteiger partial charge is 0.178 e. The van der Waals surface area contributed by atoms with Gasteiger partial charge in [-0.05, 0) is 0 Å². The largest absolute Gasteiger partial charge is 0.394 e. The third kappa shape index (κ3) is 2.83. The highest BCUT2D eigenvalue weighted by atomic mass is 32.1. The van der Waals surface area contributed by atoms with Crippen molar-refractivity contribution in [2.24, 2.45) is 0 Å². The van der Waals surface area contributed by atoms with Crippen LogP contribution in [0.25, 0.3) is 0 Å². The lowest BCUT2D eigenvalue weighted by Gasteiger charge is -2.19. The van der Waals surface area contributed by atoms with E-state index in [1.807, 2.05) is 0 Å². The van der Waals surface area contributed by atoms with Gasteiger partial charge in [-0.2, -0.15) is 0 Å². The summed E-state index contributed by atoms with van der Waals surface area (Å²) in [5.41, 5.74) is 0.199. The number of hydrogen-bond acceptors (Lipinski definition) is 7. The van der Waals surface area contributed by atoms with Crippen LogP contribution in [0, 0.1) is 0 Å². The lowest BCUT2D eigenvalue weighted by molar-refractivity contribution is -0.0777. The van der Waals surface area contributed by atoms with Gasteiger partial charge in [-0.25, -0.2) is 4.98 Å². The molecule has 0 aliphatic rings. The van der Waals surface area contributed by atoms with Gasteiger partial charge in [0.05, 0.1) is 6.61 Å². The standard InChI is InChI=1S/C9H13NO5S/c1-4(12)5-3-16-9(10-5)8(15)7(14)6(13)2-11/h3,6-8,11,13-15H,2H2,1H3. The number of Topliss-reactive ketones (excluding diaryl/α,β-unsaturated/α-hetero) is 1. The predicted octanol–water partition coefficient (Wildman–Crippen LogP) is -0.907. The fourth-order valence-electron chi connectivity index (χ4n) is 1.05. The van der Waals surface area contributed by atoms with Crippen molar-refractivity contribution in [1.82, 2.24) is 4.98 Å². The van der Waals surface area contributed by atoms with Gasteiger partial charge in [-0.3, -0.25) is 4.79 Å². The molecule has 3 unspecified atom stereocenters. The van der Waals surface area contributed by atoms with Crippen LogP contribution in [-0.2, 0) is 0 Å². The SMILES string of the molecule is CC(=O)c1csc(C(O)C(O)C(O)CO)n1. The van der Waals surface area contributed by atoms with Crippen LogP contribution in [0.5, 0.6) is 0 Å². The Morgan fingerprint density at radius 3 is 2.56 bits per heavy atom. The zero-order valence-corrected chi connectivity index (χ0v) is 9.39. The zero-order valence-electron chi connectivity index (χ0n) is 8.57. The first-order chi connectivity index (χ1) is 7.47. The molecule has 1 heterocycles. The molecule has 0 spiro atoms. The third-order valence-corrected chi connectivity index (χ3v) is 2.96. The number of aliphatic hydroxyl groups is 4. The molecule has 1 rings (SSSR count). The van der Waals surface area contributed by atoms with Gasteiger partial charge in [-0.1, -0.05) is 0 Å². The molecule has 3 atom stereocenters. The van der Waals surface area contributed by atoms with Crippen molar-refractivity contribution < 1.29 is 25.2 Å². The van der Waals surface area contributed by atoms with E-state index in [-0.39, 0.29) is 16.5 Å². The Labute approximate surface area is 95.8 Å². The maximum atomic E-state index is 11.0.